The molecule has 0 heterocycles. The first-order valence-corrected chi connectivity index (χ1v) is 25.7. The Morgan fingerprint density at radius 1 is 0.525 bits per heavy atom. The molecule has 0 aromatic carbocycles. The Hall–Kier alpha value is -2.55. The van der Waals surface area contributed by atoms with E-state index in [4.69, 9.17) is 18.5 Å². The van der Waals surface area contributed by atoms with Crippen LogP contribution in [-0.2, 0) is 32.7 Å². The Labute approximate surface area is 374 Å². The van der Waals surface area contributed by atoms with Crippen LogP contribution in [0, 0.1) is 0 Å². The molecule has 0 aliphatic heterocycles. The molecule has 0 radical (unpaired) electrons. The van der Waals surface area contributed by atoms with Crippen LogP contribution in [0.25, 0.3) is 0 Å². The predicted molar refractivity (Wildman–Crippen MR) is 256 cm³/mol. The van der Waals surface area contributed by atoms with Crippen LogP contribution in [0.5, 0.6) is 0 Å². The molecular weight excluding hydrogens is 786 g/mol. The summed E-state index contributed by atoms with van der Waals surface area (Å²) in [5, 5.41) is 0. The molecule has 0 saturated carbocycles. The normalized spacial score (nSPS) is 14.1. The second kappa shape index (κ2) is 42.7. The molecule has 10 heteroatoms. The van der Waals surface area contributed by atoms with E-state index in [0.29, 0.717) is 17.4 Å². The van der Waals surface area contributed by atoms with Crippen LogP contribution in [-0.4, -0.2) is 74.9 Å². The number of hydrogen-bond donors (Lipinski definition) is 1. The molecule has 0 rings (SSSR count). The van der Waals surface area contributed by atoms with Crippen molar-refractivity contribution in [3.63, 3.8) is 0 Å². The van der Waals surface area contributed by atoms with Gasteiger partial charge in [0.15, 0.2) is 6.10 Å². The van der Waals surface area contributed by atoms with E-state index in [1.807, 2.05) is 33.3 Å². The zero-order chi connectivity index (χ0) is 45.0. The Morgan fingerprint density at radius 3 is 1.36 bits per heavy atom. The quantitative estimate of drug-likeness (QED) is 0.0212. The smallest absolute Gasteiger partial charge is 0.462 e. The molecule has 0 bridgehead atoms. The number of ether oxygens (including phenoxy) is 2. The average molecular weight is 877 g/mol. The van der Waals surface area contributed by atoms with Crippen LogP contribution < -0.4 is 0 Å². The van der Waals surface area contributed by atoms with Crippen molar-refractivity contribution < 1.29 is 42.1 Å². The van der Waals surface area contributed by atoms with Crippen LogP contribution >= 0.6 is 7.82 Å². The second-order valence-corrected chi connectivity index (χ2v) is 18.6. The summed E-state index contributed by atoms with van der Waals surface area (Å²) in [6, 6.07) is 0. The zero-order valence-electron chi connectivity index (χ0n) is 39.6. The van der Waals surface area contributed by atoms with Crippen LogP contribution in [0.1, 0.15) is 187 Å². The molecule has 0 aromatic rings. The topological polar surface area (TPSA) is 108 Å². The molecule has 2 atom stereocenters. The second-order valence-electron chi connectivity index (χ2n) is 17.1. The molecule has 0 aliphatic rings. The van der Waals surface area contributed by atoms with Crippen molar-refractivity contribution in [2.45, 2.75) is 193 Å². The molecule has 0 saturated heterocycles. The highest BCUT2D eigenvalue weighted by molar-refractivity contribution is 7.47. The van der Waals surface area contributed by atoms with E-state index >= 15 is 0 Å². The monoisotopic (exact) mass is 877 g/mol. The minimum Gasteiger partial charge on any atom is -0.462 e. The summed E-state index contributed by atoms with van der Waals surface area (Å²) in [5.74, 6) is -0.895. The van der Waals surface area contributed by atoms with Gasteiger partial charge in [-0.15, -0.1) is 0 Å². The lowest BCUT2D eigenvalue weighted by Crippen LogP contribution is -2.37. The lowest BCUT2D eigenvalue weighted by atomic mass is 10.0. The van der Waals surface area contributed by atoms with E-state index in [1.165, 1.54) is 96.3 Å². The molecule has 0 aliphatic carbocycles. The van der Waals surface area contributed by atoms with E-state index in [2.05, 4.69) is 74.6 Å². The highest BCUT2D eigenvalue weighted by Crippen LogP contribution is 2.43. The maximum atomic E-state index is 12.7. The van der Waals surface area contributed by atoms with Crippen molar-refractivity contribution in [2.75, 3.05) is 47.5 Å². The number of unbranched alkanes of at least 4 members (excludes halogenated alkanes) is 17. The minimum atomic E-state index is -4.40. The lowest BCUT2D eigenvalue weighted by Gasteiger charge is -2.24. The molecule has 0 aromatic heterocycles. The molecule has 352 valence electrons. The van der Waals surface area contributed by atoms with Gasteiger partial charge in [0.1, 0.15) is 19.8 Å². The molecule has 2 unspecified atom stereocenters. The Kier molecular flexibility index (Phi) is 40.9. The zero-order valence-corrected chi connectivity index (χ0v) is 40.5. The number of rotatable bonds is 43. The third-order valence-electron chi connectivity index (χ3n) is 10.0. The highest BCUT2D eigenvalue weighted by Gasteiger charge is 2.27. The van der Waals surface area contributed by atoms with Gasteiger partial charge in [-0.2, -0.15) is 0 Å². The maximum absolute atomic E-state index is 12.7. The number of phosphoric acid groups is 1. The number of allylic oxidation sites excluding steroid dienone is 12. The van der Waals surface area contributed by atoms with Gasteiger partial charge >= 0.3 is 19.8 Å². The summed E-state index contributed by atoms with van der Waals surface area (Å²) < 4.78 is 34.3. The van der Waals surface area contributed by atoms with Crippen LogP contribution in [0.15, 0.2) is 72.9 Å². The van der Waals surface area contributed by atoms with Gasteiger partial charge in [0, 0.05) is 12.8 Å². The molecule has 61 heavy (non-hydrogen) atoms. The van der Waals surface area contributed by atoms with Gasteiger partial charge in [0.2, 0.25) is 0 Å². The van der Waals surface area contributed by atoms with Crippen molar-refractivity contribution >= 4 is 19.8 Å². The van der Waals surface area contributed by atoms with Gasteiger partial charge in [0.05, 0.1) is 27.7 Å². The number of nitrogens with zero attached hydrogens (tertiary/aromatic N) is 1. The number of carbonyl (C=O) groups excluding carboxylic acids is 2. The molecular formula is C51H91NO8P+. The van der Waals surface area contributed by atoms with E-state index in [1.54, 1.807) is 0 Å². The fourth-order valence-electron chi connectivity index (χ4n) is 6.28. The molecule has 0 fully saturated rings. The molecule has 0 spiro atoms. The first kappa shape index (κ1) is 58.5. The van der Waals surface area contributed by atoms with Gasteiger partial charge in [0.25, 0.3) is 0 Å². The van der Waals surface area contributed by atoms with E-state index in [0.717, 1.165) is 57.8 Å². The average Bonchev–Trinajstić information content (AvgIpc) is 3.21. The number of phosphoric ester groups is 1. The van der Waals surface area contributed by atoms with Gasteiger partial charge in [-0.05, 0) is 51.4 Å². The summed E-state index contributed by atoms with van der Waals surface area (Å²) >= 11 is 0. The third-order valence-corrected chi connectivity index (χ3v) is 11.0. The SMILES string of the molecule is CC/C=C\C/C=C\C/C=C\C/C=C\C/C=C\C/C=C\CCC(=O)OC(COC(=O)CCCCCCCCCCCCCCCCCCCC)COP(=O)(O)OCC[N+](C)(C)C. The maximum Gasteiger partial charge on any atom is 0.472 e. The van der Waals surface area contributed by atoms with Crippen molar-refractivity contribution in [3.05, 3.63) is 72.9 Å². The first-order chi connectivity index (χ1) is 29.5. The van der Waals surface area contributed by atoms with Crippen LogP contribution in [0.3, 0.4) is 0 Å². The van der Waals surface area contributed by atoms with Crippen molar-refractivity contribution in [3.8, 4) is 0 Å². The largest absolute Gasteiger partial charge is 0.472 e. The number of quaternary nitrogens is 1. The minimum absolute atomic E-state index is 0.0159. The Balaban J connectivity index is 4.41. The van der Waals surface area contributed by atoms with Crippen LogP contribution in [0.4, 0.5) is 0 Å². The summed E-state index contributed by atoms with van der Waals surface area (Å²) in [4.78, 5) is 35.4. The van der Waals surface area contributed by atoms with Crippen molar-refractivity contribution in [1.82, 2.24) is 0 Å². The summed E-state index contributed by atoms with van der Waals surface area (Å²) in [6.07, 6.45) is 54.0. The number of hydrogen-bond acceptors (Lipinski definition) is 7. The molecule has 0 amide bonds. The summed E-state index contributed by atoms with van der Waals surface area (Å²) in [7, 11) is 1.43. The van der Waals surface area contributed by atoms with Gasteiger partial charge in [-0.3, -0.25) is 18.6 Å². The van der Waals surface area contributed by atoms with E-state index in [-0.39, 0.29) is 32.0 Å². The van der Waals surface area contributed by atoms with Gasteiger partial charge in [-0.1, -0.05) is 196 Å². The number of carbonyl (C=O) groups is 2. The Bertz CT molecular complexity index is 1270. The third kappa shape index (κ3) is 46.8. The molecule has 9 nitrogen and oxygen atoms in total. The standard InChI is InChI=1S/C51H90NO8P/c1-6-8-10-12-14-16-18-20-22-24-26-28-30-32-34-36-38-40-42-44-51(54)60-49(48-59-61(55,56)58-46-45-52(3,4)5)47-57-50(53)43-41-39-37-35-33-31-29-27-25-23-21-19-17-15-13-11-9-7-2/h8,10,14,16,20,22,26,28,32,34,38,40,49H,6-7,9,11-13,15,17-19,21,23-25,27,29-31,33,35-37,39,41-48H2,1-5H3/p+1/b10-8-,16-14-,22-20-,28-26-,34-32-,40-38-. The van der Waals surface area contributed by atoms with E-state index < -0.39 is 26.5 Å². The lowest BCUT2D eigenvalue weighted by molar-refractivity contribution is -0.870. The van der Waals surface area contributed by atoms with E-state index in [9.17, 15) is 19.0 Å². The fraction of sp³-hybridized carbons (Fsp3) is 0.725. The Morgan fingerprint density at radius 2 is 0.934 bits per heavy atom. The van der Waals surface area contributed by atoms with Crippen LogP contribution in [0.2, 0.25) is 0 Å². The fourth-order valence-corrected chi connectivity index (χ4v) is 7.02. The van der Waals surface area contributed by atoms with Gasteiger partial charge in [-0.25, -0.2) is 4.57 Å². The predicted octanol–water partition coefficient (Wildman–Crippen LogP) is 14.2. The summed E-state index contributed by atoms with van der Waals surface area (Å²) in [6.45, 7) is 4.23. The summed E-state index contributed by atoms with van der Waals surface area (Å²) in [5.41, 5.74) is 0. The number of esters is 2. The van der Waals surface area contributed by atoms with Crippen molar-refractivity contribution in [1.29, 1.82) is 0 Å². The number of likely N-dealkylation sites (N-methyl/N-ethyl adjacent to an activating group) is 1. The van der Waals surface area contributed by atoms with Crippen molar-refractivity contribution in [2.24, 2.45) is 0 Å². The molecule has 1 N–H and O–H groups in total. The van der Waals surface area contributed by atoms with Gasteiger partial charge < -0.3 is 18.9 Å². The highest BCUT2D eigenvalue weighted by atomic mass is 31.2. The first-order valence-electron chi connectivity index (χ1n) is 24.2.